The molecule has 0 saturated heterocycles. The molecule has 0 radical (unpaired) electrons. The second-order valence-electron chi connectivity index (χ2n) is 14.8. The average Bonchev–Trinajstić information content (AvgIpc) is 3.72. The van der Waals surface area contributed by atoms with Crippen LogP contribution in [-0.4, -0.2) is 61.1 Å². The molecule has 4 aromatic carbocycles. The zero-order chi connectivity index (χ0) is 37.6. The maximum atomic E-state index is 14.5. The van der Waals surface area contributed by atoms with Crippen LogP contribution in [0, 0.1) is 11.8 Å². The summed E-state index contributed by atoms with van der Waals surface area (Å²) in [6, 6.07) is 31.9. The van der Waals surface area contributed by atoms with E-state index in [-0.39, 0.29) is 48.3 Å². The highest BCUT2D eigenvalue weighted by Gasteiger charge is 2.36. The van der Waals surface area contributed by atoms with Crippen LogP contribution in [0.2, 0.25) is 0 Å². The first-order valence-corrected chi connectivity index (χ1v) is 19.4. The number of nitrogens with one attached hydrogen (secondary N) is 3. The fraction of sp³-hybridized carbons (Fsp3) is 0.422. The van der Waals surface area contributed by atoms with E-state index in [0.29, 0.717) is 12.8 Å². The molecule has 0 bridgehead atoms. The normalized spacial score (nSPS) is 14.9. The van der Waals surface area contributed by atoms with Gasteiger partial charge >= 0.3 is 0 Å². The third kappa shape index (κ3) is 11.6. The maximum absolute atomic E-state index is 14.5. The van der Waals surface area contributed by atoms with Crippen LogP contribution < -0.4 is 16.0 Å². The van der Waals surface area contributed by atoms with E-state index in [1.807, 2.05) is 117 Å². The predicted molar refractivity (Wildman–Crippen MR) is 212 cm³/mol. The van der Waals surface area contributed by atoms with Crippen molar-refractivity contribution >= 4 is 34.3 Å². The van der Waals surface area contributed by atoms with Crippen molar-refractivity contribution in [3.05, 3.63) is 120 Å². The lowest BCUT2D eigenvalue weighted by Gasteiger charge is -2.29. The molecule has 53 heavy (non-hydrogen) atoms. The molecule has 8 nitrogen and oxygen atoms in total. The van der Waals surface area contributed by atoms with E-state index in [4.69, 9.17) is 0 Å². The highest BCUT2D eigenvalue weighted by atomic mass is 16.2. The Morgan fingerprint density at radius 2 is 1.34 bits per heavy atom. The minimum Gasteiger partial charge on any atom is -0.345 e. The van der Waals surface area contributed by atoms with Crippen LogP contribution in [0.3, 0.4) is 0 Å². The smallest absolute Gasteiger partial charge is 0.243 e. The summed E-state index contributed by atoms with van der Waals surface area (Å²) in [6.07, 6.45) is 6.46. The van der Waals surface area contributed by atoms with E-state index < -0.39 is 18.0 Å². The Hall–Kier alpha value is -4.82. The van der Waals surface area contributed by atoms with Gasteiger partial charge in [0, 0.05) is 25.2 Å². The van der Waals surface area contributed by atoms with Crippen LogP contribution in [0.15, 0.2) is 103 Å². The topological polar surface area (TPSA) is 108 Å². The second-order valence-corrected chi connectivity index (χ2v) is 14.8. The van der Waals surface area contributed by atoms with Crippen LogP contribution in [-0.2, 0) is 25.6 Å². The molecule has 0 spiro atoms. The SMILES string of the molecule is CCC(=O)N[C@@H](Cc1ccc2ccccc2c1)C(=O)N[C@H](C(=O)C[C@@H](CCCCN(C)C)C(=O)NC(c1ccccc1)c1ccccc1)C1CCCC1. The molecule has 8 heteroatoms. The zero-order valence-electron chi connectivity index (χ0n) is 31.6. The summed E-state index contributed by atoms with van der Waals surface area (Å²) in [5, 5.41) is 11.5. The molecule has 3 atom stereocenters. The molecule has 1 aliphatic carbocycles. The van der Waals surface area contributed by atoms with Crippen molar-refractivity contribution in [3.8, 4) is 0 Å². The summed E-state index contributed by atoms with van der Waals surface area (Å²) in [6.45, 7) is 2.65. The standard InChI is InChI=1S/C45H56N4O4/c1-4-41(51)46-39(30-32-26-27-33-17-11-14-24-37(33)29-32)45(53)48-43(36-22-12-13-23-36)40(50)31-38(25-15-16-28-49(2)3)44(52)47-42(34-18-7-5-8-19-34)35-20-9-6-10-21-35/h5-11,14,17-21,24,26-27,29,36,38-39,42-43H,4,12-13,15-16,22-23,25,28,30-31H2,1-3H3,(H,46,51)(H,47,52)(H,48,53)/t38-,39+,43+/m1/s1. The number of carbonyl (C=O) groups excluding carboxylic acids is 4. The van der Waals surface area contributed by atoms with Crippen LogP contribution >= 0.6 is 0 Å². The highest BCUT2D eigenvalue weighted by Crippen LogP contribution is 2.31. The number of unbranched alkanes of at least 4 members (excludes halogenated alkanes) is 1. The van der Waals surface area contributed by atoms with Crippen LogP contribution in [0.4, 0.5) is 0 Å². The summed E-state index contributed by atoms with van der Waals surface area (Å²) in [5.74, 6) is -1.47. The number of fused-ring (bicyclic) bond motifs is 1. The van der Waals surface area contributed by atoms with E-state index >= 15 is 0 Å². The first-order chi connectivity index (χ1) is 25.7. The van der Waals surface area contributed by atoms with Gasteiger partial charge in [0.05, 0.1) is 12.1 Å². The number of ketones is 1. The Labute approximate surface area is 315 Å². The number of hydrogen-bond acceptors (Lipinski definition) is 5. The molecule has 3 amide bonds. The zero-order valence-corrected chi connectivity index (χ0v) is 31.6. The minimum atomic E-state index is -0.844. The molecule has 1 aliphatic rings. The van der Waals surface area contributed by atoms with Crippen molar-refractivity contribution in [2.45, 2.75) is 89.3 Å². The molecule has 1 saturated carbocycles. The Morgan fingerprint density at radius 3 is 1.96 bits per heavy atom. The third-order valence-corrected chi connectivity index (χ3v) is 10.5. The summed E-state index contributed by atoms with van der Waals surface area (Å²) in [5.41, 5.74) is 2.85. The average molecular weight is 717 g/mol. The van der Waals surface area contributed by atoms with Crippen molar-refractivity contribution in [2.75, 3.05) is 20.6 Å². The fourth-order valence-electron chi connectivity index (χ4n) is 7.54. The monoisotopic (exact) mass is 716 g/mol. The van der Waals surface area contributed by atoms with Gasteiger partial charge in [0.2, 0.25) is 17.7 Å². The van der Waals surface area contributed by atoms with E-state index in [1.54, 1.807) is 6.92 Å². The van der Waals surface area contributed by atoms with Gasteiger partial charge in [-0.15, -0.1) is 0 Å². The quantitative estimate of drug-likeness (QED) is 0.0893. The Morgan fingerprint density at radius 1 is 0.717 bits per heavy atom. The number of nitrogens with zero attached hydrogens (tertiary/aromatic N) is 1. The van der Waals surface area contributed by atoms with Gasteiger partial charge in [-0.25, -0.2) is 0 Å². The molecular formula is C45H56N4O4. The van der Waals surface area contributed by atoms with E-state index in [2.05, 4.69) is 20.9 Å². The summed E-state index contributed by atoms with van der Waals surface area (Å²) >= 11 is 0. The molecule has 0 unspecified atom stereocenters. The van der Waals surface area contributed by atoms with Crippen molar-refractivity contribution in [1.82, 2.24) is 20.9 Å². The first-order valence-electron chi connectivity index (χ1n) is 19.4. The summed E-state index contributed by atoms with van der Waals surface area (Å²) in [7, 11) is 4.06. The molecule has 5 rings (SSSR count). The van der Waals surface area contributed by atoms with Gasteiger partial charge in [0.15, 0.2) is 5.78 Å². The van der Waals surface area contributed by atoms with Crippen LogP contribution in [0.1, 0.15) is 87.4 Å². The Kier molecular flexibility index (Phi) is 14.8. The number of hydrogen-bond donors (Lipinski definition) is 3. The molecule has 280 valence electrons. The lowest BCUT2D eigenvalue weighted by Crippen LogP contribution is -2.54. The highest BCUT2D eigenvalue weighted by molar-refractivity contribution is 5.95. The molecule has 3 N–H and O–H groups in total. The second kappa shape index (κ2) is 19.9. The van der Waals surface area contributed by atoms with E-state index in [0.717, 1.165) is 72.5 Å². The Bertz CT molecular complexity index is 1750. The number of Topliss-reactive ketones (excluding diaryl/α,β-unsaturated/α-hetero) is 1. The number of benzene rings is 4. The van der Waals surface area contributed by atoms with Gasteiger partial charge in [-0.05, 0) is 79.7 Å². The van der Waals surface area contributed by atoms with Crippen LogP contribution in [0.5, 0.6) is 0 Å². The molecular weight excluding hydrogens is 661 g/mol. The third-order valence-electron chi connectivity index (χ3n) is 10.5. The minimum absolute atomic E-state index is 0.0199. The molecule has 1 fully saturated rings. The van der Waals surface area contributed by atoms with Gasteiger partial charge in [0.1, 0.15) is 6.04 Å². The van der Waals surface area contributed by atoms with Crippen molar-refractivity contribution in [3.63, 3.8) is 0 Å². The molecule has 0 heterocycles. The lowest BCUT2D eigenvalue weighted by molar-refractivity contribution is -0.134. The molecule has 0 aliphatic heterocycles. The lowest BCUT2D eigenvalue weighted by atomic mass is 9.86. The van der Waals surface area contributed by atoms with Gasteiger partial charge in [-0.2, -0.15) is 0 Å². The van der Waals surface area contributed by atoms with E-state index in [1.165, 1.54) is 0 Å². The summed E-state index contributed by atoms with van der Waals surface area (Å²) in [4.78, 5) is 57.7. The first kappa shape index (κ1) is 39.4. The largest absolute Gasteiger partial charge is 0.345 e. The number of rotatable bonds is 19. The van der Waals surface area contributed by atoms with E-state index in [9.17, 15) is 19.2 Å². The van der Waals surface area contributed by atoms with Gasteiger partial charge in [-0.3, -0.25) is 19.2 Å². The molecule has 4 aromatic rings. The van der Waals surface area contributed by atoms with Crippen molar-refractivity contribution < 1.29 is 19.2 Å². The van der Waals surface area contributed by atoms with Crippen molar-refractivity contribution in [2.24, 2.45) is 11.8 Å². The fourth-order valence-corrected chi connectivity index (χ4v) is 7.54. The van der Waals surface area contributed by atoms with Gasteiger partial charge in [-0.1, -0.05) is 129 Å². The number of amides is 3. The van der Waals surface area contributed by atoms with Gasteiger partial charge in [0.25, 0.3) is 0 Å². The predicted octanol–water partition coefficient (Wildman–Crippen LogP) is 7.17. The maximum Gasteiger partial charge on any atom is 0.243 e. The summed E-state index contributed by atoms with van der Waals surface area (Å²) < 4.78 is 0. The molecule has 0 aromatic heterocycles. The number of carbonyl (C=O) groups is 4. The van der Waals surface area contributed by atoms with Crippen LogP contribution in [0.25, 0.3) is 10.8 Å². The van der Waals surface area contributed by atoms with Crippen molar-refractivity contribution in [1.29, 1.82) is 0 Å². The Balaban J connectivity index is 1.37. The van der Waals surface area contributed by atoms with Gasteiger partial charge < -0.3 is 20.9 Å².